The molecule has 2 unspecified atom stereocenters. The van der Waals surface area contributed by atoms with Crippen molar-refractivity contribution in [1.82, 2.24) is 0 Å². The molecule has 4 heteroatoms. The maximum absolute atomic E-state index is 6.45. The van der Waals surface area contributed by atoms with Gasteiger partial charge in [-0.15, -0.1) is 0 Å². The topological polar surface area (TPSA) is 38.5 Å². The standard InChI is InChI=1S/C16H25ClN2O/c1-3-14(18)8-12-4-5-16(15(17)9-12)19-7-6-13(10-19)11-20-2/h4-5,9,13-14H,3,6-8,10-11,18H2,1-2H3. The van der Waals surface area contributed by atoms with E-state index in [-0.39, 0.29) is 6.04 Å². The second kappa shape index (κ2) is 7.30. The van der Waals surface area contributed by atoms with Gasteiger partial charge < -0.3 is 15.4 Å². The summed E-state index contributed by atoms with van der Waals surface area (Å²) < 4.78 is 5.24. The van der Waals surface area contributed by atoms with E-state index in [1.807, 2.05) is 0 Å². The number of hydrogen-bond donors (Lipinski definition) is 1. The number of nitrogens with two attached hydrogens (primary N) is 1. The number of rotatable bonds is 6. The van der Waals surface area contributed by atoms with Crippen molar-refractivity contribution >= 4 is 17.3 Å². The highest BCUT2D eigenvalue weighted by Gasteiger charge is 2.23. The summed E-state index contributed by atoms with van der Waals surface area (Å²) in [5.41, 5.74) is 8.36. The van der Waals surface area contributed by atoms with Gasteiger partial charge in [0.25, 0.3) is 0 Å². The van der Waals surface area contributed by atoms with Gasteiger partial charge in [-0.25, -0.2) is 0 Å². The van der Waals surface area contributed by atoms with Gasteiger partial charge >= 0.3 is 0 Å². The summed E-state index contributed by atoms with van der Waals surface area (Å²) >= 11 is 6.45. The Hall–Kier alpha value is -0.770. The zero-order chi connectivity index (χ0) is 14.5. The normalized spacial score (nSPS) is 20.4. The molecule has 1 aromatic rings. The van der Waals surface area contributed by atoms with Gasteiger partial charge in [-0.05, 0) is 37.0 Å². The monoisotopic (exact) mass is 296 g/mol. The fourth-order valence-electron chi connectivity index (χ4n) is 2.80. The van der Waals surface area contributed by atoms with Gasteiger partial charge in [-0.1, -0.05) is 24.6 Å². The van der Waals surface area contributed by atoms with Crippen LogP contribution in [0.1, 0.15) is 25.3 Å². The zero-order valence-corrected chi connectivity index (χ0v) is 13.2. The maximum atomic E-state index is 6.45. The van der Waals surface area contributed by atoms with Crippen molar-refractivity contribution in [2.75, 3.05) is 31.7 Å². The van der Waals surface area contributed by atoms with Crippen molar-refractivity contribution in [2.45, 2.75) is 32.2 Å². The summed E-state index contributed by atoms with van der Waals surface area (Å²) in [6.07, 6.45) is 3.06. The molecule has 0 aromatic heterocycles. The van der Waals surface area contributed by atoms with Crippen LogP contribution in [0.2, 0.25) is 5.02 Å². The first-order chi connectivity index (χ1) is 9.63. The van der Waals surface area contributed by atoms with E-state index in [4.69, 9.17) is 22.1 Å². The molecule has 2 rings (SSSR count). The van der Waals surface area contributed by atoms with Gasteiger partial charge in [0.15, 0.2) is 0 Å². The van der Waals surface area contributed by atoms with E-state index in [0.29, 0.717) is 5.92 Å². The van der Waals surface area contributed by atoms with Gasteiger partial charge in [-0.2, -0.15) is 0 Å². The number of ether oxygens (including phenoxy) is 1. The Morgan fingerprint density at radius 2 is 2.30 bits per heavy atom. The highest BCUT2D eigenvalue weighted by atomic mass is 35.5. The molecule has 1 aliphatic rings. The molecule has 1 aromatic carbocycles. The summed E-state index contributed by atoms with van der Waals surface area (Å²) in [4.78, 5) is 2.36. The second-order valence-electron chi connectivity index (χ2n) is 5.71. The van der Waals surface area contributed by atoms with E-state index < -0.39 is 0 Å². The van der Waals surface area contributed by atoms with Crippen molar-refractivity contribution in [1.29, 1.82) is 0 Å². The number of anilines is 1. The quantitative estimate of drug-likeness (QED) is 0.877. The molecular weight excluding hydrogens is 272 g/mol. The van der Waals surface area contributed by atoms with Crippen LogP contribution < -0.4 is 10.6 Å². The largest absolute Gasteiger partial charge is 0.384 e. The Morgan fingerprint density at radius 3 is 2.95 bits per heavy atom. The molecule has 1 heterocycles. The Morgan fingerprint density at radius 1 is 1.50 bits per heavy atom. The first-order valence-corrected chi connectivity index (χ1v) is 7.79. The average Bonchev–Trinajstić information content (AvgIpc) is 2.87. The summed E-state index contributed by atoms with van der Waals surface area (Å²) in [6, 6.07) is 6.57. The molecule has 0 radical (unpaired) electrons. The smallest absolute Gasteiger partial charge is 0.0642 e. The molecule has 1 aliphatic heterocycles. The molecular formula is C16H25ClN2O. The maximum Gasteiger partial charge on any atom is 0.0642 e. The molecule has 0 aliphatic carbocycles. The fraction of sp³-hybridized carbons (Fsp3) is 0.625. The minimum atomic E-state index is 0.217. The lowest BCUT2D eigenvalue weighted by molar-refractivity contribution is 0.161. The van der Waals surface area contributed by atoms with Crippen molar-refractivity contribution in [3.63, 3.8) is 0 Å². The lowest BCUT2D eigenvalue weighted by atomic mass is 10.0. The van der Waals surface area contributed by atoms with Gasteiger partial charge in [0.2, 0.25) is 0 Å². The molecule has 2 atom stereocenters. The van der Waals surface area contributed by atoms with Crippen LogP contribution in [0.15, 0.2) is 18.2 Å². The average molecular weight is 297 g/mol. The van der Waals surface area contributed by atoms with Gasteiger partial charge in [0, 0.05) is 32.2 Å². The van der Waals surface area contributed by atoms with Crippen LogP contribution in [0.3, 0.4) is 0 Å². The molecule has 1 saturated heterocycles. The fourth-order valence-corrected chi connectivity index (χ4v) is 3.13. The summed E-state index contributed by atoms with van der Waals surface area (Å²) in [6.45, 7) is 5.03. The number of methoxy groups -OCH3 is 1. The Labute approximate surface area is 127 Å². The minimum absolute atomic E-state index is 0.217. The molecule has 1 fully saturated rings. The number of benzene rings is 1. The first-order valence-electron chi connectivity index (χ1n) is 7.42. The molecule has 0 saturated carbocycles. The summed E-state index contributed by atoms with van der Waals surface area (Å²) in [7, 11) is 1.77. The summed E-state index contributed by atoms with van der Waals surface area (Å²) in [5.74, 6) is 0.615. The van der Waals surface area contributed by atoms with Crippen molar-refractivity contribution in [3.05, 3.63) is 28.8 Å². The van der Waals surface area contributed by atoms with Crippen molar-refractivity contribution < 1.29 is 4.74 Å². The van der Waals surface area contributed by atoms with Crippen LogP contribution in [-0.4, -0.2) is 32.8 Å². The zero-order valence-electron chi connectivity index (χ0n) is 12.4. The Balaban J connectivity index is 2.03. The van der Waals surface area contributed by atoms with Crippen molar-refractivity contribution in [3.8, 4) is 0 Å². The van der Waals surface area contributed by atoms with Crippen LogP contribution in [0, 0.1) is 5.92 Å². The molecule has 0 spiro atoms. The third kappa shape index (κ3) is 3.87. The Kier molecular flexibility index (Phi) is 5.70. The van der Waals surface area contributed by atoms with Crippen LogP contribution in [-0.2, 0) is 11.2 Å². The predicted octanol–water partition coefficient (Wildman–Crippen LogP) is 3.09. The molecule has 20 heavy (non-hydrogen) atoms. The van der Waals surface area contributed by atoms with Gasteiger partial charge in [0.1, 0.15) is 0 Å². The third-order valence-corrected chi connectivity index (χ3v) is 4.37. The number of nitrogens with zero attached hydrogens (tertiary/aromatic N) is 1. The van der Waals surface area contributed by atoms with E-state index >= 15 is 0 Å². The number of halogens is 1. The minimum Gasteiger partial charge on any atom is -0.384 e. The molecule has 0 amide bonds. The molecule has 3 nitrogen and oxygen atoms in total. The molecule has 2 N–H and O–H groups in total. The van der Waals surface area contributed by atoms with Crippen LogP contribution >= 0.6 is 11.6 Å². The summed E-state index contributed by atoms with van der Waals surface area (Å²) in [5, 5.41) is 0.837. The Bertz CT molecular complexity index is 438. The van der Waals surface area contributed by atoms with E-state index in [2.05, 4.69) is 30.0 Å². The van der Waals surface area contributed by atoms with E-state index in [9.17, 15) is 0 Å². The third-order valence-electron chi connectivity index (χ3n) is 4.06. The lowest BCUT2D eigenvalue weighted by Gasteiger charge is -2.21. The first kappa shape index (κ1) is 15.6. The van der Waals surface area contributed by atoms with Crippen molar-refractivity contribution in [2.24, 2.45) is 11.7 Å². The van der Waals surface area contributed by atoms with Crippen LogP contribution in [0.5, 0.6) is 0 Å². The predicted molar refractivity (Wildman–Crippen MR) is 85.6 cm³/mol. The number of hydrogen-bond acceptors (Lipinski definition) is 3. The van der Waals surface area contributed by atoms with Crippen LogP contribution in [0.4, 0.5) is 5.69 Å². The molecule has 0 bridgehead atoms. The highest BCUT2D eigenvalue weighted by Crippen LogP contribution is 2.31. The molecule has 112 valence electrons. The van der Waals surface area contributed by atoms with Gasteiger partial charge in [0.05, 0.1) is 17.3 Å². The van der Waals surface area contributed by atoms with Crippen LogP contribution in [0.25, 0.3) is 0 Å². The van der Waals surface area contributed by atoms with Gasteiger partial charge in [-0.3, -0.25) is 0 Å². The second-order valence-corrected chi connectivity index (χ2v) is 6.12. The van der Waals surface area contributed by atoms with E-state index in [0.717, 1.165) is 43.2 Å². The van der Waals surface area contributed by atoms with E-state index in [1.165, 1.54) is 12.0 Å². The lowest BCUT2D eigenvalue weighted by Crippen LogP contribution is -2.22. The highest BCUT2D eigenvalue weighted by molar-refractivity contribution is 6.33. The SMILES string of the molecule is CCC(N)Cc1ccc(N2CCC(COC)C2)c(Cl)c1. The van der Waals surface area contributed by atoms with E-state index in [1.54, 1.807) is 7.11 Å².